The zero-order chi connectivity index (χ0) is 31.6. The van der Waals surface area contributed by atoms with Crippen molar-refractivity contribution in [1.82, 2.24) is 4.68 Å². The molecule has 1 heterocycles. The molecule has 46 heavy (non-hydrogen) atoms. The molecule has 0 aliphatic heterocycles. The summed E-state index contributed by atoms with van der Waals surface area (Å²) >= 11 is 0. The highest BCUT2D eigenvalue weighted by Gasteiger charge is 2.30. The topological polar surface area (TPSA) is 20.5 Å². The maximum absolute atomic E-state index is 15.6. The van der Waals surface area contributed by atoms with E-state index in [1.54, 1.807) is 66.9 Å². The molecule has 7 rings (SSSR count). The molecule has 0 atom stereocenters. The number of rotatable bonds is 7. The Hall–Kier alpha value is -5.95. The first-order chi connectivity index (χ1) is 22.5. The van der Waals surface area contributed by atoms with Crippen molar-refractivity contribution >= 4 is 34.0 Å². The Kier molecular flexibility index (Phi) is 7.64. The van der Waals surface area contributed by atoms with Gasteiger partial charge in [-0.15, -0.1) is 0 Å². The molecular formula is C39H25F4N3. The lowest BCUT2D eigenvalue weighted by molar-refractivity contribution is 0.418. The molecule has 0 aliphatic rings. The van der Waals surface area contributed by atoms with Gasteiger partial charge in [-0.25, -0.2) is 22.2 Å². The second-order valence-electron chi connectivity index (χ2n) is 10.6. The highest BCUT2D eigenvalue weighted by Crippen LogP contribution is 2.43. The summed E-state index contributed by atoms with van der Waals surface area (Å²) in [6.07, 6.45) is 1.55. The summed E-state index contributed by atoms with van der Waals surface area (Å²) in [5.41, 5.74) is 4.66. The lowest BCUT2D eigenvalue weighted by Crippen LogP contribution is -2.09. The van der Waals surface area contributed by atoms with Crippen LogP contribution in [0.4, 0.5) is 34.6 Å². The summed E-state index contributed by atoms with van der Waals surface area (Å²) in [6.45, 7) is 0. The van der Waals surface area contributed by atoms with E-state index in [9.17, 15) is 8.78 Å². The Morgan fingerprint density at radius 2 is 0.804 bits per heavy atom. The van der Waals surface area contributed by atoms with Gasteiger partial charge in [0.1, 0.15) is 0 Å². The van der Waals surface area contributed by atoms with Crippen LogP contribution in [-0.4, -0.2) is 10.9 Å². The van der Waals surface area contributed by atoms with E-state index in [-0.39, 0.29) is 11.4 Å². The van der Waals surface area contributed by atoms with Gasteiger partial charge in [-0.05, 0) is 42.0 Å². The van der Waals surface area contributed by atoms with E-state index >= 15 is 8.78 Å². The number of fused-ring (bicyclic) bond motifs is 1. The largest absolute Gasteiger partial charge is 0.311 e. The fraction of sp³-hybridized carbons (Fsp3) is 0. The van der Waals surface area contributed by atoms with Gasteiger partial charge in [0.15, 0.2) is 23.3 Å². The normalized spacial score (nSPS) is 11.4. The molecular weight excluding hydrogens is 586 g/mol. The molecule has 0 saturated carbocycles. The van der Waals surface area contributed by atoms with Crippen molar-refractivity contribution in [3.8, 4) is 22.5 Å². The highest BCUT2D eigenvalue weighted by molar-refractivity contribution is 6.06. The highest BCUT2D eigenvalue weighted by atomic mass is 19.2. The minimum absolute atomic E-state index is 0.0944. The van der Waals surface area contributed by atoms with Crippen LogP contribution >= 0.6 is 0 Å². The Bertz CT molecular complexity index is 2040. The number of hydrogen-bond donors (Lipinski definition) is 0. The summed E-state index contributed by atoms with van der Waals surface area (Å²) in [6, 6.07) is 44.8. The predicted molar refractivity (Wildman–Crippen MR) is 177 cm³/mol. The van der Waals surface area contributed by atoms with Gasteiger partial charge in [-0.2, -0.15) is 5.10 Å². The number of hydrogen-bond acceptors (Lipinski definition) is 2. The van der Waals surface area contributed by atoms with Crippen LogP contribution in [0.1, 0.15) is 5.56 Å². The molecule has 3 nitrogen and oxygen atoms in total. The Morgan fingerprint density at radius 1 is 0.435 bits per heavy atom. The Balaban J connectivity index is 1.40. The van der Waals surface area contributed by atoms with E-state index in [2.05, 4.69) is 4.90 Å². The van der Waals surface area contributed by atoms with E-state index in [1.165, 1.54) is 4.68 Å². The molecule has 0 fully saturated rings. The van der Waals surface area contributed by atoms with E-state index < -0.39 is 34.0 Å². The van der Waals surface area contributed by atoms with Crippen LogP contribution in [0.3, 0.4) is 0 Å². The van der Waals surface area contributed by atoms with Crippen molar-refractivity contribution in [2.75, 3.05) is 4.90 Å². The number of anilines is 3. The molecule has 0 aliphatic carbocycles. The fourth-order valence-corrected chi connectivity index (χ4v) is 5.68. The smallest absolute Gasteiger partial charge is 0.198 e. The molecule has 0 unspecified atom stereocenters. The van der Waals surface area contributed by atoms with Gasteiger partial charge in [0.05, 0.1) is 28.4 Å². The molecule has 6 aromatic carbocycles. The van der Waals surface area contributed by atoms with Gasteiger partial charge in [0.25, 0.3) is 0 Å². The second kappa shape index (κ2) is 12.2. The van der Waals surface area contributed by atoms with Crippen LogP contribution in [0.5, 0.6) is 0 Å². The average Bonchev–Trinajstić information content (AvgIpc) is 3.46. The second-order valence-corrected chi connectivity index (χ2v) is 10.6. The van der Waals surface area contributed by atoms with Crippen molar-refractivity contribution in [2.24, 2.45) is 5.10 Å². The minimum Gasteiger partial charge on any atom is -0.311 e. The standard InChI is InChI=1S/C39H25F4N3/c40-34-32-33(35(41)37(43)36(34)42)39(28-15-7-2-8-16-28)46(38(32)27-13-5-1-6-14-27)44-25-26-21-23-31(24-22-26)45(29-17-9-3-10-18-29)30-19-11-4-12-20-30/h1-25H. The van der Waals surface area contributed by atoms with Gasteiger partial charge < -0.3 is 4.90 Å². The maximum Gasteiger partial charge on any atom is 0.198 e. The van der Waals surface area contributed by atoms with E-state index in [0.29, 0.717) is 16.7 Å². The number of nitrogens with zero attached hydrogens (tertiary/aromatic N) is 3. The molecule has 7 aromatic rings. The van der Waals surface area contributed by atoms with Crippen LogP contribution in [0.2, 0.25) is 0 Å². The van der Waals surface area contributed by atoms with Crippen molar-refractivity contribution in [3.05, 3.63) is 174 Å². The van der Waals surface area contributed by atoms with Crippen LogP contribution in [-0.2, 0) is 0 Å². The van der Waals surface area contributed by atoms with Crippen molar-refractivity contribution in [1.29, 1.82) is 0 Å². The number of halogens is 4. The summed E-state index contributed by atoms with van der Waals surface area (Å²) in [5, 5.41) is 3.91. The Labute approximate surface area is 262 Å². The van der Waals surface area contributed by atoms with Gasteiger partial charge >= 0.3 is 0 Å². The third-order valence-electron chi connectivity index (χ3n) is 7.76. The zero-order valence-electron chi connectivity index (χ0n) is 24.3. The van der Waals surface area contributed by atoms with E-state index in [0.717, 1.165) is 17.1 Å². The number of para-hydroxylation sites is 2. The van der Waals surface area contributed by atoms with E-state index in [1.807, 2.05) is 84.9 Å². The molecule has 0 bridgehead atoms. The van der Waals surface area contributed by atoms with Crippen LogP contribution in [0, 0.1) is 23.3 Å². The molecule has 224 valence electrons. The van der Waals surface area contributed by atoms with Crippen LogP contribution in [0.15, 0.2) is 151 Å². The first-order valence-corrected chi connectivity index (χ1v) is 14.6. The summed E-state index contributed by atoms with van der Waals surface area (Å²) < 4.78 is 62.0. The molecule has 0 amide bonds. The van der Waals surface area contributed by atoms with Gasteiger partial charge in [0, 0.05) is 28.2 Å². The molecule has 1 aromatic heterocycles. The number of benzene rings is 6. The summed E-state index contributed by atoms with van der Waals surface area (Å²) in [5.74, 6) is -6.71. The van der Waals surface area contributed by atoms with Gasteiger partial charge in [-0.1, -0.05) is 109 Å². The first kappa shape index (κ1) is 28.8. The number of aromatic nitrogens is 1. The fourth-order valence-electron chi connectivity index (χ4n) is 5.68. The van der Waals surface area contributed by atoms with Crippen LogP contribution < -0.4 is 4.90 Å². The lowest BCUT2D eigenvalue weighted by atomic mass is 10.0. The summed E-state index contributed by atoms with van der Waals surface area (Å²) in [7, 11) is 0. The van der Waals surface area contributed by atoms with Crippen molar-refractivity contribution in [2.45, 2.75) is 0 Å². The molecule has 0 saturated heterocycles. The predicted octanol–water partition coefficient (Wildman–Crippen LogP) is 10.9. The van der Waals surface area contributed by atoms with Crippen LogP contribution in [0.25, 0.3) is 33.3 Å². The minimum atomic E-state index is -1.88. The molecule has 0 N–H and O–H groups in total. The third kappa shape index (κ3) is 5.12. The SMILES string of the molecule is Fc1c(F)c(F)c2c(-c3ccccc3)n(N=Cc3ccc(N(c4ccccc4)c4ccccc4)cc3)c(-c3ccccc3)c2c1F. The van der Waals surface area contributed by atoms with Gasteiger partial charge in [-0.3, -0.25) is 0 Å². The Morgan fingerprint density at radius 3 is 1.22 bits per heavy atom. The lowest BCUT2D eigenvalue weighted by Gasteiger charge is -2.25. The van der Waals surface area contributed by atoms with Crippen molar-refractivity contribution in [3.63, 3.8) is 0 Å². The maximum atomic E-state index is 15.6. The average molecular weight is 612 g/mol. The van der Waals surface area contributed by atoms with E-state index in [4.69, 9.17) is 5.10 Å². The molecule has 7 heteroatoms. The molecule has 0 spiro atoms. The third-order valence-corrected chi connectivity index (χ3v) is 7.76. The zero-order valence-corrected chi connectivity index (χ0v) is 24.3. The molecule has 0 radical (unpaired) electrons. The quantitative estimate of drug-likeness (QED) is 0.0760. The summed E-state index contributed by atoms with van der Waals surface area (Å²) in [4.78, 5) is 2.12. The van der Waals surface area contributed by atoms with Gasteiger partial charge in [0.2, 0.25) is 0 Å². The monoisotopic (exact) mass is 611 g/mol. The first-order valence-electron chi connectivity index (χ1n) is 14.6. The van der Waals surface area contributed by atoms with Crippen molar-refractivity contribution < 1.29 is 17.6 Å².